The lowest BCUT2D eigenvalue weighted by molar-refractivity contribution is -0.263. The summed E-state index contributed by atoms with van der Waals surface area (Å²) >= 11 is 17.0. The zero-order chi connectivity index (χ0) is 24.6. The van der Waals surface area contributed by atoms with E-state index in [2.05, 4.69) is 5.32 Å². The molecular weight excluding hydrogens is 505 g/mol. The fourth-order valence-electron chi connectivity index (χ4n) is 3.56. The third-order valence-electron chi connectivity index (χ3n) is 5.39. The lowest BCUT2D eigenvalue weighted by Gasteiger charge is -2.43. The molecule has 0 aromatic heterocycles. The molecule has 7 nitrogen and oxygen atoms in total. The van der Waals surface area contributed by atoms with Crippen molar-refractivity contribution in [3.05, 3.63) is 71.8 Å². The van der Waals surface area contributed by atoms with E-state index in [1.165, 1.54) is 0 Å². The summed E-state index contributed by atoms with van der Waals surface area (Å²) in [5.41, 5.74) is 1.94. The second-order valence-corrected chi connectivity index (χ2v) is 10.6. The normalized spacial score (nSPS) is 25.0. The van der Waals surface area contributed by atoms with Crippen LogP contribution < -0.4 is 5.32 Å². The molecule has 1 aliphatic rings. The molecule has 0 spiro atoms. The van der Waals surface area contributed by atoms with Gasteiger partial charge in [0.15, 0.2) is 6.29 Å². The molecule has 2 aromatic rings. The molecule has 2 unspecified atom stereocenters. The highest BCUT2D eigenvalue weighted by Crippen LogP contribution is 2.29. The molecule has 34 heavy (non-hydrogen) atoms. The van der Waals surface area contributed by atoms with Gasteiger partial charge in [-0.25, -0.2) is 4.79 Å². The number of rotatable bonds is 9. The zero-order valence-corrected chi connectivity index (χ0v) is 20.9. The Balaban J connectivity index is 1.64. The summed E-state index contributed by atoms with van der Waals surface area (Å²) in [6.07, 6.45) is -3.27. The van der Waals surface area contributed by atoms with E-state index in [4.69, 9.17) is 53.8 Å². The van der Waals surface area contributed by atoms with E-state index >= 15 is 0 Å². The van der Waals surface area contributed by atoms with Gasteiger partial charge >= 0.3 is 6.09 Å². The molecule has 0 saturated carbocycles. The Bertz CT molecular complexity index is 883. The van der Waals surface area contributed by atoms with Gasteiger partial charge in [0, 0.05) is 5.92 Å². The van der Waals surface area contributed by atoms with Crippen LogP contribution in [0.3, 0.4) is 0 Å². The predicted molar refractivity (Wildman–Crippen MR) is 130 cm³/mol. The summed E-state index contributed by atoms with van der Waals surface area (Å²) in [7, 11) is 0. The van der Waals surface area contributed by atoms with Crippen molar-refractivity contribution in [1.82, 2.24) is 5.32 Å². The van der Waals surface area contributed by atoms with E-state index in [-0.39, 0.29) is 13.2 Å². The second kappa shape index (κ2) is 12.9. The van der Waals surface area contributed by atoms with Crippen LogP contribution in [0.4, 0.5) is 4.79 Å². The molecule has 5 atom stereocenters. The summed E-state index contributed by atoms with van der Waals surface area (Å²) in [5.74, 6) is -0.444. The zero-order valence-electron chi connectivity index (χ0n) is 18.6. The Morgan fingerprint density at radius 2 is 1.62 bits per heavy atom. The third kappa shape index (κ3) is 8.57. The minimum atomic E-state index is -1.74. The smallest absolute Gasteiger partial charge is 0.407 e. The molecule has 3 rings (SSSR count). The van der Waals surface area contributed by atoms with Crippen molar-refractivity contribution >= 4 is 40.9 Å². The van der Waals surface area contributed by atoms with Crippen LogP contribution in [0.2, 0.25) is 0 Å². The molecule has 186 valence electrons. The third-order valence-corrected chi connectivity index (χ3v) is 5.72. The number of halogens is 3. The standard InChI is InChI=1S/C24H28Cl3NO6/c1-16-20(28-23(30)33-15-24(25,26)27)22(32-13-18-10-6-3-7-11-18)34-19(21(16)29)14-31-12-17-8-4-2-5-9-17/h2-11,16,19-22,29H,12-15H2,1H3,(H,28,30)/t16-,19?,20?,21+,22-/m1/s1. The number of hydrogen-bond donors (Lipinski definition) is 2. The lowest BCUT2D eigenvalue weighted by atomic mass is 9.89. The molecule has 1 saturated heterocycles. The number of amides is 1. The van der Waals surface area contributed by atoms with E-state index in [1.54, 1.807) is 6.92 Å². The van der Waals surface area contributed by atoms with Gasteiger partial charge in [-0.2, -0.15) is 0 Å². The first-order valence-electron chi connectivity index (χ1n) is 10.8. The van der Waals surface area contributed by atoms with Gasteiger partial charge in [-0.05, 0) is 11.1 Å². The highest BCUT2D eigenvalue weighted by atomic mass is 35.6. The average Bonchev–Trinajstić information content (AvgIpc) is 2.82. The predicted octanol–water partition coefficient (Wildman–Crippen LogP) is 4.61. The van der Waals surface area contributed by atoms with Crippen molar-refractivity contribution in [2.45, 2.75) is 48.5 Å². The molecule has 1 amide bonds. The summed E-state index contributed by atoms with van der Waals surface area (Å²) in [6, 6.07) is 18.5. The number of benzene rings is 2. The number of carbonyl (C=O) groups excluding carboxylic acids is 1. The van der Waals surface area contributed by atoms with Crippen LogP contribution in [0.1, 0.15) is 18.1 Å². The second-order valence-electron chi connectivity index (χ2n) is 8.05. The van der Waals surface area contributed by atoms with Gasteiger partial charge in [0.25, 0.3) is 0 Å². The average molecular weight is 533 g/mol. The van der Waals surface area contributed by atoms with Crippen LogP contribution in [0, 0.1) is 5.92 Å². The van der Waals surface area contributed by atoms with Crippen LogP contribution in [0.25, 0.3) is 0 Å². The molecule has 2 N–H and O–H groups in total. The van der Waals surface area contributed by atoms with Crippen LogP contribution in [-0.4, -0.2) is 52.7 Å². The molecule has 10 heteroatoms. The number of ether oxygens (including phenoxy) is 4. The Morgan fingerprint density at radius 3 is 2.21 bits per heavy atom. The SMILES string of the molecule is C[C@@H]1C(NC(=O)OCC(Cl)(Cl)Cl)[C@H](OCc2ccccc2)OC(COCc2ccccc2)[C@H]1O. The highest BCUT2D eigenvalue weighted by Gasteiger charge is 2.44. The largest absolute Gasteiger partial charge is 0.445 e. The van der Waals surface area contributed by atoms with E-state index in [0.29, 0.717) is 6.61 Å². The summed E-state index contributed by atoms with van der Waals surface area (Å²) in [6.45, 7) is 2.13. The maximum atomic E-state index is 12.3. The van der Waals surface area contributed by atoms with Crippen molar-refractivity contribution in [3.8, 4) is 0 Å². The Kier molecular flexibility index (Phi) is 10.3. The maximum absolute atomic E-state index is 12.3. The van der Waals surface area contributed by atoms with Crippen molar-refractivity contribution in [2.24, 2.45) is 5.92 Å². The summed E-state index contributed by atoms with van der Waals surface area (Å²) in [5, 5.41) is 13.5. The number of alkyl halides is 3. The van der Waals surface area contributed by atoms with Crippen molar-refractivity contribution in [3.63, 3.8) is 0 Å². The van der Waals surface area contributed by atoms with Gasteiger partial charge in [0.2, 0.25) is 3.79 Å². The first-order chi connectivity index (χ1) is 16.2. The quantitative estimate of drug-likeness (QED) is 0.459. The van der Waals surface area contributed by atoms with Gasteiger partial charge in [-0.1, -0.05) is 102 Å². The molecule has 0 bridgehead atoms. The van der Waals surface area contributed by atoms with Crippen LogP contribution >= 0.6 is 34.8 Å². The minimum absolute atomic E-state index is 0.149. The van der Waals surface area contributed by atoms with Crippen molar-refractivity contribution in [1.29, 1.82) is 0 Å². The van der Waals surface area contributed by atoms with Crippen LogP contribution in [0.5, 0.6) is 0 Å². The summed E-state index contributed by atoms with van der Waals surface area (Å²) in [4.78, 5) is 12.3. The number of alkyl carbamates (subject to hydrolysis) is 1. The first kappa shape index (κ1) is 27.0. The van der Waals surface area contributed by atoms with E-state index in [9.17, 15) is 9.90 Å². The molecule has 1 fully saturated rings. The fraction of sp³-hybridized carbons (Fsp3) is 0.458. The van der Waals surface area contributed by atoms with Gasteiger partial charge in [-0.15, -0.1) is 0 Å². The topological polar surface area (TPSA) is 86.3 Å². The van der Waals surface area contributed by atoms with Crippen molar-refractivity contribution < 1.29 is 28.8 Å². The number of aliphatic hydroxyl groups is 1. The van der Waals surface area contributed by atoms with E-state index < -0.39 is 47.0 Å². The van der Waals surface area contributed by atoms with Gasteiger partial charge < -0.3 is 29.4 Å². The Hall–Kier alpha value is -1.58. The maximum Gasteiger partial charge on any atom is 0.407 e. The first-order valence-corrected chi connectivity index (χ1v) is 12.0. The number of aliphatic hydroxyl groups excluding tert-OH is 1. The number of carbonyl (C=O) groups is 1. The summed E-state index contributed by atoms with van der Waals surface area (Å²) < 4.78 is 21.1. The molecule has 0 aliphatic carbocycles. The van der Waals surface area contributed by atoms with E-state index in [0.717, 1.165) is 11.1 Å². The number of nitrogens with one attached hydrogen (secondary N) is 1. The van der Waals surface area contributed by atoms with Crippen molar-refractivity contribution in [2.75, 3.05) is 13.2 Å². The van der Waals surface area contributed by atoms with Gasteiger partial charge in [0.1, 0.15) is 12.7 Å². The molecule has 0 radical (unpaired) electrons. The molecule has 2 aromatic carbocycles. The fourth-order valence-corrected chi connectivity index (χ4v) is 3.73. The highest BCUT2D eigenvalue weighted by molar-refractivity contribution is 6.67. The molecular formula is C24H28Cl3NO6. The lowest BCUT2D eigenvalue weighted by Crippen LogP contribution is -2.61. The number of hydrogen-bond acceptors (Lipinski definition) is 6. The van der Waals surface area contributed by atoms with Crippen LogP contribution in [-0.2, 0) is 32.2 Å². The van der Waals surface area contributed by atoms with Crippen LogP contribution in [0.15, 0.2) is 60.7 Å². The monoisotopic (exact) mass is 531 g/mol. The Morgan fingerprint density at radius 1 is 1.03 bits per heavy atom. The minimum Gasteiger partial charge on any atom is -0.445 e. The molecule has 1 heterocycles. The van der Waals surface area contributed by atoms with Gasteiger partial charge in [0.05, 0.1) is 32.0 Å². The van der Waals surface area contributed by atoms with E-state index in [1.807, 2.05) is 60.7 Å². The van der Waals surface area contributed by atoms with Gasteiger partial charge in [-0.3, -0.25) is 0 Å². The Labute approximate surface area is 214 Å². The molecule has 1 aliphatic heterocycles.